The Bertz CT molecular complexity index is 175. The molecule has 0 aliphatic heterocycles. The zero-order chi connectivity index (χ0) is 7.94. The van der Waals surface area contributed by atoms with Crippen molar-refractivity contribution in [1.82, 2.24) is 0 Å². The van der Waals surface area contributed by atoms with Crippen LogP contribution in [0.25, 0.3) is 0 Å². The lowest BCUT2D eigenvalue weighted by Gasteiger charge is -2.08. The summed E-state index contributed by atoms with van der Waals surface area (Å²) in [6.45, 7) is 3.44. The Hall–Kier alpha value is -0.940. The summed E-state index contributed by atoms with van der Waals surface area (Å²) in [5, 5.41) is 0. The van der Waals surface area contributed by atoms with Crippen molar-refractivity contribution in [2.45, 2.75) is 31.8 Å². The van der Waals surface area contributed by atoms with Crippen LogP contribution in [0.2, 0.25) is 0 Å². The fourth-order valence-electron chi connectivity index (χ4n) is 1.20. The standard InChI is InChI=1S/C10H14O/c1-2-9-11-10-7-5-3-4-6-8-10/h5,7,9-10H,1,3-4,6,8H2. The van der Waals surface area contributed by atoms with Crippen molar-refractivity contribution in [1.29, 1.82) is 0 Å². The lowest BCUT2D eigenvalue weighted by atomic mass is 10.2. The van der Waals surface area contributed by atoms with Gasteiger partial charge in [-0.25, -0.2) is 0 Å². The number of allylic oxidation sites excluding steroid dienone is 1. The lowest BCUT2D eigenvalue weighted by Crippen LogP contribution is -2.03. The average Bonchev–Trinajstić information content (AvgIpc) is 2.28. The normalized spacial score (nSPS) is 23.5. The van der Waals surface area contributed by atoms with E-state index in [9.17, 15) is 0 Å². The molecule has 0 fully saturated rings. The van der Waals surface area contributed by atoms with E-state index < -0.39 is 0 Å². The molecule has 0 aromatic carbocycles. The van der Waals surface area contributed by atoms with Gasteiger partial charge in [0.2, 0.25) is 0 Å². The van der Waals surface area contributed by atoms with Gasteiger partial charge in [-0.1, -0.05) is 18.4 Å². The second-order valence-electron chi connectivity index (χ2n) is 2.71. The summed E-state index contributed by atoms with van der Waals surface area (Å²) in [4.78, 5) is 0. The summed E-state index contributed by atoms with van der Waals surface area (Å²) in [6, 6.07) is 0. The minimum absolute atomic E-state index is 0.256. The van der Waals surface area contributed by atoms with Crippen molar-refractivity contribution >= 4 is 0 Å². The molecule has 11 heavy (non-hydrogen) atoms. The van der Waals surface area contributed by atoms with E-state index in [0.717, 1.165) is 6.42 Å². The fraction of sp³-hybridized carbons (Fsp3) is 0.500. The smallest absolute Gasteiger partial charge is 0.125 e. The van der Waals surface area contributed by atoms with E-state index >= 15 is 0 Å². The molecule has 1 aliphatic rings. The third-order valence-corrected chi connectivity index (χ3v) is 1.79. The average molecular weight is 150 g/mol. The monoisotopic (exact) mass is 150 g/mol. The van der Waals surface area contributed by atoms with Gasteiger partial charge in [0.15, 0.2) is 0 Å². The van der Waals surface area contributed by atoms with Gasteiger partial charge in [0, 0.05) is 0 Å². The molecule has 1 heteroatoms. The summed E-state index contributed by atoms with van der Waals surface area (Å²) in [6.07, 6.45) is 11.0. The molecule has 0 aromatic heterocycles. The quantitative estimate of drug-likeness (QED) is 0.334. The second kappa shape index (κ2) is 4.81. The molecular formula is C10H14O. The maximum absolute atomic E-state index is 5.33. The summed E-state index contributed by atoms with van der Waals surface area (Å²) >= 11 is 0. The molecule has 1 rings (SSSR count). The summed E-state index contributed by atoms with van der Waals surface area (Å²) < 4.78 is 5.33. The Morgan fingerprint density at radius 2 is 2.45 bits per heavy atom. The van der Waals surface area contributed by atoms with Gasteiger partial charge in [-0.05, 0) is 31.8 Å². The van der Waals surface area contributed by atoms with Crippen LogP contribution in [-0.4, -0.2) is 6.10 Å². The Kier molecular flexibility index (Phi) is 3.57. The second-order valence-corrected chi connectivity index (χ2v) is 2.71. The number of rotatable bonds is 2. The van der Waals surface area contributed by atoms with Crippen LogP contribution in [0.3, 0.4) is 0 Å². The van der Waals surface area contributed by atoms with Crippen molar-refractivity contribution < 1.29 is 4.74 Å². The lowest BCUT2D eigenvalue weighted by molar-refractivity contribution is 0.177. The summed E-state index contributed by atoms with van der Waals surface area (Å²) in [7, 11) is 0. The molecule has 0 aromatic rings. The molecule has 0 N–H and O–H groups in total. The minimum Gasteiger partial charge on any atom is -0.486 e. The number of hydrogen-bond acceptors (Lipinski definition) is 1. The zero-order valence-electron chi connectivity index (χ0n) is 6.75. The molecule has 1 atom stereocenters. The predicted octanol–water partition coefficient (Wildman–Crippen LogP) is 2.80. The van der Waals surface area contributed by atoms with Crippen LogP contribution >= 0.6 is 0 Å². The fourth-order valence-corrected chi connectivity index (χ4v) is 1.20. The largest absolute Gasteiger partial charge is 0.486 e. The van der Waals surface area contributed by atoms with Gasteiger partial charge in [0.1, 0.15) is 12.4 Å². The summed E-state index contributed by atoms with van der Waals surface area (Å²) in [5.41, 5.74) is 2.60. The molecule has 0 heterocycles. The first kappa shape index (κ1) is 8.16. The van der Waals surface area contributed by atoms with Gasteiger partial charge in [0.05, 0.1) is 0 Å². The maximum atomic E-state index is 5.33. The van der Waals surface area contributed by atoms with Crippen LogP contribution in [0.15, 0.2) is 30.7 Å². The molecule has 0 saturated carbocycles. The highest BCUT2D eigenvalue weighted by Crippen LogP contribution is 2.13. The van der Waals surface area contributed by atoms with E-state index in [2.05, 4.69) is 24.5 Å². The van der Waals surface area contributed by atoms with Crippen molar-refractivity contribution in [2.75, 3.05) is 0 Å². The highest BCUT2D eigenvalue weighted by molar-refractivity contribution is 4.93. The van der Waals surface area contributed by atoms with Crippen LogP contribution in [0.4, 0.5) is 0 Å². The van der Waals surface area contributed by atoms with Gasteiger partial charge in [0.25, 0.3) is 0 Å². The van der Waals surface area contributed by atoms with Crippen LogP contribution < -0.4 is 0 Å². The molecule has 0 saturated heterocycles. The SMILES string of the molecule is C=C=COC1C=CCCCC1. The first-order valence-corrected chi connectivity index (χ1v) is 4.10. The third kappa shape index (κ3) is 3.10. The first-order chi connectivity index (χ1) is 5.43. The molecule has 0 radical (unpaired) electrons. The first-order valence-electron chi connectivity index (χ1n) is 4.10. The molecule has 1 aliphatic carbocycles. The highest BCUT2D eigenvalue weighted by atomic mass is 16.5. The number of hydrogen-bond donors (Lipinski definition) is 0. The molecule has 60 valence electrons. The van der Waals surface area contributed by atoms with Crippen LogP contribution in [0.1, 0.15) is 25.7 Å². The van der Waals surface area contributed by atoms with E-state index in [1.54, 1.807) is 6.26 Å². The molecule has 0 spiro atoms. The molecule has 1 nitrogen and oxygen atoms in total. The van der Waals surface area contributed by atoms with Crippen LogP contribution in [0.5, 0.6) is 0 Å². The molecule has 0 bridgehead atoms. The van der Waals surface area contributed by atoms with Gasteiger partial charge >= 0.3 is 0 Å². The topological polar surface area (TPSA) is 9.23 Å². The minimum atomic E-state index is 0.256. The Balaban J connectivity index is 2.36. The third-order valence-electron chi connectivity index (χ3n) is 1.79. The van der Waals surface area contributed by atoms with Gasteiger partial charge in [-0.15, -0.1) is 0 Å². The Labute approximate surface area is 68.1 Å². The highest BCUT2D eigenvalue weighted by Gasteiger charge is 2.05. The van der Waals surface area contributed by atoms with Crippen LogP contribution in [0, 0.1) is 0 Å². The van der Waals surface area contributed by atoms with E-state index in [0.29, 0.717) is 0 Å². The van der Waals surface area contributed by atoms with E-state index in [4.69, 9.17) is 4.74 Å². The number of ether oxygens (including phenoxy) is 1. The molecule has 1 unspecified atom stereocenters. The zero-order valence-corrected chi connectivity index (χ0v) is 6.75. The van der Waals surface area contributed by atoms with Gasteiger partial charge in [-0.2, -0.15) is 0 Å². The van der Waals surface area contributed by atoms with Gasteiger partial charge in [-0.3, -0.25) is 0 Å². The Morgan fingerprint density at radius 1 is 1.55 bits per heavy atom. The molecular weight excluding hydrogens is 136 g/mol. The Morgan fingerprint density at radius 3 is 3.27 bits per heavy atom. The van der Waals surface area contributed by atoms with Crippen molar-refractivity contribution in [3.63, 3.8) is 0 Å². The van der Waals surface area contributed by atoms with Crippen molar-refractivity contribution in [2.24, 2.45) is 0 Å². The van der Waals surface area contributed by atoms with Gasteiger partial charge < -0.3 is 4.74 Å². The maximum Gasteiger partial charge on any atom is 0.125 e. The van der Waals surface area contributed by atoms with Crippen molar-refractivity contribution in [3.05, 3.63) is 30.7 Å². The molecule has 0 amide bonds. The van der Waals surface area contributed by atoms with Crippen LogP contribution in [-0.2, 0) is 4.74 Å². The van der Waals surface area contributed by atoms with Crippen molar-refractivity contribution in [3.8, 4) is 0 Å². The summed E-state index contributed by atoms with van der Waals surface area (Å²) in [5.74, 6) is 0. The van der Waals surface area contributed by atoms with E-state index in [-0.39, 0.29) is 6.10 Å². The van der Waals surface area contributed by atoms with E-state index in [1.165, 1.54) is 19.3 Å². The predicted molar refractivity (Wildman–Crippen MR) is 46.2 cm³/mol. The van der Waals surface area contributed by atoms with E-state index in [1.807, 2.05) is 0 Å².